The van der Waals surface area contributed by atoms with Crippen molar-refractivity contribution in [2.24, 2.45) is 5.92 Å². The first-order valence-electron chi connectivity index (χ1n) is 6.25. The molecule has 98 valence electrons. The first-order valence-corrected chi connectivity index (χ1v) is 6.25. The highest BCUT2D eigenvalue weighted by atomic mass is 16.6. The van der Waals surface area contributed by atoms with Crippen molar-refractivity contribution >= 4 is 12.2 Å². The molecule has 1 atom stereocenters. The van der Waals surface area contributed by atoms with Crippen molar-refractivity contribution < 1.29 is 9.53 Å². The van der Waals surface area contributed by atoms with Crippen LogP contribution in [0.3, 0.4) is 0 Å². The van der Waals surface area contributed by atoms with E-state index in [0.29, 0.717) is 6.61 Å². The third kappa shape index (κ3) is 2.76. The van der Waals surface area contributed by atoms with Crippen LogP contribution in [0.2, 0.25) is 0 Å². The van der Waals surface area contributed by atoms with Crippen molar-refractivity contribution in [1.82, 2.24) is 4.90 Å². The standard InChI is InChI=1S/C15H16N2O2/c1-11(2)10-19-15(18)17-8-7-12-5-3-4-6-13(12)14(17)9-16/h3-8,11,14H,10H2,1-2H3. The molecule has 1 aliphatic rings. The highest BCUT2D eigenvalue weighted by molar-refractivity contribution is 5.74. The Hall–Kier alpha value is -2.28. The highest BCUT2D eigenvalue weighted by Gasteiger charge is 2.28. The maximum Gasteiger partial charge on any atom is 0.415 e. The van der Waals surface area contributed by atoms with Crippen molar-refractivity contribution in [2.75, 3.05) is 6.61 Å². The van der Waals surface area contributed by atoms with Gasteiger partial charge in [0.1, 0.15) is 0 Å². The van der Waals surface area contributed by atoms with Crippen LogP contribution in [0, 0.1) is 17.2 Å². The molecule has 19 heavy (non-hydrogen) atoms. The molecule has 0 aliphatic carbocycles. The summed E-state index contributed by atoms with van der Waals surface area (Å²) < 4.78 is 5.17. The summed E-state index contributed by atoms with van der Waals surface area (Å²) in [5.74, 6) is 0.269. The van der Waals surface area contributed by atoms with Crippen LogP contribution in [-0.4, -0.2) is 17.6 Å². The average molecular weight is 256 g/mol. The number of carbonyl (C=O) groups excluding carboxylic acids is 1. The second-order valence-corrected chi connectivity index (χ2v) is 4.85. The van der Waals surface area contributed by atoms with Gasteiger partial charge in [-0.05, 0) is 23.1 Å². The van der Waals surface area contributed by atoms with Crippen LogP contribution < -0.4 is 0 Å². The predicted octanol–water partition coefficient (Wildman–Crippen LogP) is 3.33. The van der Waals surface area contributed by atoms with E-state index in [1.165, 1.54) is 4.90 Å². The molecule has 1 aromatic carbocycles. The molecule has 2 rings (SSSR count). The van der Waals surface area contributed by atoms with E-state index < -0.39 is 12.1 Å². The average Bonchev–Trinajstić information content (AvgIpc) is 2.43. The van der Waals surface area contributed by atoms with Gasteiger partial charge in [0, 0.05) is 6.20 Å². The number of nitrogens with zero attached hydrogens (tertiary/aromatic N) is 2. The lowest BCUT2D eigenvalue weighted by molar-refractivity contribution is 0.0997. The minimum atomic E-state index is -0.624. The fourth-order valence-corrected chi connectivity index (χ4v) is 1.92. The van der Waals surface area contributed by atoms with Crippen molar-refractivity contribution in [2.45, 2.75) is 19.9 Å². The summed E-state index contributed by atoms with van der Waals surface area (Å²) in [6, 6.07) is 9.08. The van der Waals surface area contributed by atoms with Gasteiger partial charge < -0.3 is 4.74 Å². The van der Waals surface area contributed by atoms with Crippen molar-refractivity contribution in [1.29, 1.82) is 5.26 Å². The van der Waals surface area contributed by atoms with Gasteiger partial charge in [-0.15, -0.1) is 0 Å². The molecular weight excluding hydrogens is 240 g/mol. The van der Waals surface area contributed by atoms with Gasteiger partial charge in [0.2, 0.25) is 0 Å². The van der Waals surface area contributed by atoms with Gasteiger partial charge in [0.15, 0.2) is 6.04 Å². The normalized spacial score (nSPS) is 16.9. The van der Waals surface area contributed by atoms with E-state index in [0.717, 1.165) is 11.1 Å². The molecule has 4 heteroatoms. The molecule has 0 aromatic heterocycles. The number of hydrogen-bond acceptors (Lipinski definition) is 3. The third-order valence-electron chi connectivity index (χ3n) is 2.86. The summed E-state index contributed by atoms with van der Waals surface area (Å²) >= 11 is 0. The maximum absolute atomic E-state index is 12.0. The SMILES string of the molecule is CC(C)COC(=O)N1C=Cc2ccccc2C1C#N. The van der Waals surface area contributed by atoms with Crippen LogP contribution in [-0.2, 0) is 4.74 Å². The number of hydrogen-bond donors (Lipinski definition) is 0. The van der Waals surface area contributed by atoms with Gasteiger partial charge in [-0.2, -0.15) is 5.26 Å². The lowest BCUT2D eigenvalue weighted by Gasteiger charge is -2.28. The van der Waals surface area contributed by atoms with E-state index in [1.807, 2.05) is 44.2 Å². The number of fused-ring (bicyclic) bond motifs is 1. The molecule has 1 aromatic rings. The summed E-state index contributed by atoms with van der Waals surface area (Å²) in [5.41, 5.74) is 1.79. The number of amides is 1. The molecule has 0 fully saturated rings. The monoisotopic (exact) mass is 256 g/mol. The number of carbonyl (C=O) groups is 1. The van der Waals surface area contributed by atoms with Crippen LogP contribution >= 0.6 is 0 Å². The number of ether oxygens (including phenoxy) is 1. The first-order chi connectivity index (χ1) is 9.13. The molecule has 4 nitrogen and oxygen atoms in total. The molecule has 0 radical (unpaired) electrons. The quantitative estimate of drug-likeness (QED) is 0.815. The zero-order chi connectivity index (χ0) is 13.8. The Balaban J connectivity index is 2.21. The summed E-state index contributed by atoms with van der Waals surface area (Å²) in [6.45, 7) is 4.29. The molecule has 1 heterocycles. The predicted molar refractivity (Wildman–Crippen MR) is 71.9 cm³/mol. The fourth-order valence-electron chi connectivity index (χ4n) is 1.92. The maximum atomic E-state index is 12.0. The van der Waals surface area contributed by atoms with E-state index >= 15 is 0 Å². The Kier molecular flexibility index (Phi) is 3.86. The number of nitriles is 1. The Morgan fingerprint density at radius 1 is 1.47 bits per heavy atom. The molecule has 1 unspecified atom stereocenters. The number of rotatable bonds is 2. The Morgan fingerprint density at radius 2 is 2.21 bits per heavy atom. The Labute approximate surface area is 112 Å². The van der Waals surface area contributed by atoms with E-state index in [9.17, 15) is 10.1 Å². The lowest BCUT2D eigenvalue weighted by atomic mass is 9.97. The zero-order valence-corrected chi connectivity index (χ0v) is 11.0. The summed E-state index contributed by atoms with van der Waals surface area (Å²) in [5, 5.41) is 9.30. The molecule has 0 spiro atoms. The minimum absolute atomic E-state index is 0.269. The van der Waals surface area contributed by atoms with Gasteiger partial charge in [-0.1, -0.05) is 38.1 Å². The smallest absolute Gasteiger partial charge is 0.415 e. The van der Waals surface area contributed by atoms with E-state index in [1.54, 1.807) is 6.20 Å². The van der Waals surface area contributed by atoms with Gasteiger partial charge in [0.25, 0.3) is 0 Å². The van der Waals surface area contributed by atoms with Crippen molar-refractivity contribution in [3.05, 3.63) is 41.6 Å². The van der Waals surface area contributed by atoms with E-state index in [4.69, 9.17) is 4.74 Å². The van der Waals surface area contributed by atoms with Crippen LogP contribution in [0.5, 0.6) is 0 Å². The highest BCUT2D eigenvalue weighted by Crippen LogP contribution is 2.30. The fraction of sp³-hybridized carbons (Fsp3) is 0.333. The zero-order valence-electron chi connectivity index (χ0n) is 11.0. The molecule has 0 N–H and O–H groups in total. The van der Waals surface area contributed by atoms with E-state index in [-0.39, 0.29) is 5.92 Å². The van der Waals surface area contributed by atoms with Crippen LogP contribution in [0.1, 0.15) is 31.0 Å². The van der Waals surface area contributed by atoms with E-state index in [2.05, 4.69) is 6.07 Å². The second kappa shape index (κ2) is 5.57. The van der Waals surface area contributed by atoms with Crippen molar-refractivity contribution in [3.63, 3.8) is 0 Å². The van der Waals surface area contributed by atoms with Crippen LogP contribution in [0.4, 0.5) is 4.79 Å². The first kappa shape index (κ1) is 13.2. The second-order valence-electron chi connectivity index (χ2n) is 4.85. The summed E-state index contributed by atoms with van der Waals surface area (Å²) in [6.07, 6.45) is 2.95. The molecule has 0 saturated heterocycles. The summed E-state index contributed by atoms with van der Waals surface area (Å²) in [4.78, 5) is 13.3. The third-order valence-corrected chi connectivity index (χ3v) is 2.86. The van der Waals surface area contributed by atoms with Crippen LogP contribution in [0.15, 0.2) is 30.5 Å². The van der Waals surface area contributed by atoms with Gasteiger partial charge in [0.05, 0.1) is 12.7 Å². The molecular formula is C15H16N2O2. The lowest BCUT2D eigenvalue weighted by Crippen LogP contribution is -2.32. The molecule has 0 saturated carbocycles. The molecule has 0 bridgehead atoms. The molecule has 1 amide bonds. The van der Waals surface area contributed by atoms with Gasteiger partial charge >= 0.3 is 6.09 Å². The summed E-state index contributed by atoms with van der Waals surface area (Å²) in [7, 11) is 0. The molecule has 1 aliphatic heterocycles. The minimum Gasteiger partial charge on any atom is -0.449 e. The van der Waals surface area contributed by atoms with Crippen LogP contribution in [0.25, 0.3) is 6.08 Å². The van der Waals surface area contributed by atoms with Crippen molar-refractivity contribution in [3.8, 4) is 6.07 Å². The number of benzene rings is 1. The van der Waals surface area contributed by atoms with Gasteiger partial charge in [-0.3, -0.25) is 4.90 Å². The Bertz CT molecular complexity index is 543. The largest absolute Gasteiger partial charge is 0.449 e. The van der Waals surface area contributed by atoms with Gasteiger partial charge in [-0.25, -0.2) is 4.79 Å². The topological polar surface area (TPSA) is 53.3 Å². The Morgan fingerprint density at radius 3 is 2.89 bits per heavy atom.